The van der Waals surface area contributed by atoms with Crippen molar-refractivity contribution in [3.63, 3.8) is 0 Å². The highest BCUT2D eigenvalue weighted by Gasteiger charge is 2.25. The van der Waals surface area contributed by atoms with E-state index in [1.165, 1.54) is 28.8 Å². The molecule has 0 aromatic heterocycles. The van der Waals surface area contributed by atoms with Gasteiger partial charge in [0.2, 0.25) is 11.8 Å². The van der Waals surface area contributed by atoms with Gasteiger partial charge in [-0.25, -0.2) is 8.42 Å². The van der Waals surface area contributed by atoms with Crippen molar-refractivity contribution >= 4 is 44.8 Å². The smallest absolute Gasteiger partial charge is 0.237 e. The number of thioether (sulfide) groups is 1. The molecule has 2 aromatic carbocycles. The summed E-state index contributed by atoms with van der Waals surface area (Å²) in [5, 5.41) is 2.51. The van der Waals surface area contributed by atoms with Crippen LogP contribution in [0, 0.1) is 6.92 Å². The second kappa shape index (κ2) is 7.97. The molecule has 3 rings (SSSR count). The van der Waals surface area contributed by atoms with Gasteiger partial charge in [0, 0.05) is 24.1 Å². The van der Waals surface area contributed by atoms with E-state index in [0.717, 1.165) is 16.1 Å². The monoisotopic (exact) mass is 418 g/mol. The minimum atomic E-state index is -3.65. The van der Waals surface area contributed by atoms with Crippen LogP contribution in [0.4, 0.5) is 11.4 Å². The SMILES string of the molecule is Cc1ccc(N(C)C(=O)CCS(=O)(=O)c2ccc3c(c2)NC(=O)[C@H](C)S3)cc1. The van der Waals surface area contributed by atoms with E-state index < -0.39 is 9.84 Å². The Morgan fingerprint density at radius 3 is 2.54 bits per heavy atom. The molecule has 28 heavy (non-hydrogen) atoms. The van der Waals surface area contributed by atoms with E-state index in [4.69, 9.17) is 0 Å². The number of carbonyl (C=O) groups is 2. The van der Waals surface area contributed by atoms with Crippen molar-refractivity contribution in [3.8, 4) is 0 Å². The maximum Gasteiger partial charge on any atom is 0.237 e. The zero-order valence-electron chi connectivity index (χ0n) is 15.9. The highest BCUT2D eigenvalue weighted by molar-refractivity contribution is 8.01. The summed E-state index contributed by atoms with van der Waals surface area (Å²) in [4.78, 5) is 26.6. The second-order valence-electron chi connectivity index (χ2n) is 6.76. The van der Waals surface area contributed by atoms with Gasteiger partial charge in [0.15, 0.2) is 9.84 Å². The molecule has 1 heterocycles. The van der Waals surface area contributed by atoms with Gasteiger partial charge in [0.1, 0.15) is 0 Å². The molecule has 148 valence electrons. The molecule has 1 atom stereocenters. The first-order valence-electron chi connectivity index (χ1n) is 8.85. The van der Waals surface area contributed by atoms with Crippen LogP contribution < -0.4 is 10.2 Å². The fraction of sp³-hybridized carbons (Fsp3) is 0.300. The van der Waals surface area contributed by atoms with Crippen LogP contribution in [-0.4, -0.2) is 38.3 Å². The minimum Gasteiger partial charge on any atom is -0.324 e. The third kappa shape index (κ3) is 4.39. The molecular weight excluding hydrogens is 396 g/mol. The Morgan fingerprint density at radius 2 is 1.86 bits per heavy atom. The number of hydrogen-bond acceptors (Lipinski definition) is 5. The summed E-state index contributed by atoms with van der Waals surface area (Å²) < 4.78 is 25.4. The summed E-state index contributed by atoms with van der Waals surface area (Å²) in [5.41, 5.74) is 2.30. The average molecular weight is 419 g/mol. The number of fused-ring (bicyclic) bond motifs is 1. The van der Waals surface area contributed by atoms with E-state index >= 15 is 0 Å². The van der Waals surface area contributed by atoms with Gasteiger partial charge < -0.3 is 10.2 Å². The van der Waals surface area contributed by atoms with Gasteiger partial charge in [-0.1, -0.05) is 17.7 Å². The molecule has 0 unspecified atom stereocenters. The number of amides is 2. The summed E-state index contributed by atoms with van der Waals surface area (Å²) in [6.45, 7) is 3.75. The van der Waals surface area contributed by atoms with Gasteiger partial charge in [0.25, 0.3) is 0 Å². The quantitative estimate of drug-likeness (QED) is 0.806. The van der Waals surface area contributed by atoms with Crippen LogP contribution >= 0.6 is 11.8 Å². The van der Waals surface area contributed by atoms with Crippen molar-refractivity contribution in [1.29, 1.82) is 0 Å². The van der Waals surface area contributed by atoms with Crippen molar-refractivity contribution in [3.05, 3.63) is 48.0 Å². The van der Waals surface area contributed by atoms with E-state index in [-0.39, 0.29) is 34.1 Å². The molecule has 0 aliphatic carbocycles. The van der Waals surface area contributed by atoms with Crippen molar-refractivity contribution in [2.75, 3.05) is 23.0 Å². The van der Waals surface area contributed by atoms with Gasteiger partial charge in [-0.2, -0.15) is 0 Å². The molecule has 6 nitrogen and oxygen atoms in total. The molecule has 0 spiro atoms. The first-order valence-corrected chi connectivity index (χ1v) is 11.4. The normalized spacial score (nSPS) is 16.2. The van der Waals surface area contributed by atoms with Gasteiger partial charge in [-0.05, 0) is 44.2 Å². The Balaban J connectivity index is 1.70. The second-order valence-corrected chi connectivity index (χ2v) is 10.3. The molecule has 8 heteroatoms. The van der Waals surface area contributed by atoms with E-state index in [9.17, 15) is 18.0 Å². The zero-order valence-corrected chi connectivity index (χ0v) is 17.6. The fourth-order valence-corrected chi connectivity index (χ4v) is 4.98. The molecule has 0 bridgehead atoms. The topological polar surface area (TPSA) is 83.6 Å². The molecule has 0 saturated heterocycles. The lowest BCUT2D eigenvalue weighted by molar-refractivity contribution is -0.118. The van der Waals surface area contributed by atoms with Gasteiger partial charge in [-0.15, -0.1) is 11.8 Å². The fourth-order valence-electron chi connectivity index (χ4n) is 2.80. The van der Waals surface area contributed by atoms with E-state index in [0.29, 0.717) is 5.69 Å². The summed E-state index contributed by atoms with van der Waals surface area (Å²) in [6, 6.07) is 12.1. The Kier molecular flexibility index (Phi) is 5.81. The minimum absolute atomic E-state index is 0.104. The zero-order chi connectivity index (χ0) is 20.5. The van der Waals surface area contributed by atoms with Crippen LogP contribution in [0.15, 0.2) is 52.3 Å². The van der Waals surface area contributed by atoms with E-state index in [1.54, 1.807) is 20.0 Å². The predicted molar refractivity (Wildman–Crippen MR) is 112 cm³/mol. The third-order valence-corrected chi connectivity index (χ3v) is 7.51. The van der Waals surface area contributed by atoms with Crippen molar-refractivity contribution in [1.82, 2.24) is 0 Å². The number of nitrogens with one attached hydrogen (secondary N) is 1. The summed E-state index contributed by atoms with van der Waals surface area (Å²) in [7, 11) is -2.02. The molecule has 0 radical (unpaired) electrons. The van der Waals surface area contributed by atoms with Crippen molar-refractivity contribution in [2.45, 2.75) is 35.3 Å². The highest BCUT2D eigenvalue weighted by Crippen LogP contribution is 2.36. The Bertz CT molecular complexity index is 1020. The van der Waals surface area contributed by atoms with Crippen LogP contribution in [0.1, 0.15) is 18.9 Å². The van der Waals surface area contributed by atoms with Crippen LogP contribution in [0.5, 0.6) is 0 Å². The molecule has 0 saturated carbocycles. The number of anilines is 2. The van der Waals surface area contributed by atoms with Crippen molar-refractivity contribution < 1.29 is 18.0 Å². The highest BCUT2D eigenvalue weighted by atomic mass is 32.2. The predicted octanol–water partition coefficient (Wildman–Crippen LogP) is 3.25. The lowest BCUT2D eigenvalue weighted by Crippen LogP contribution is -2.28. The van der Waals surface area contributed by atoms with E-state index in [2.05, 4.69) is 5.32 Å². The lowest BCUT2D eigenvalue weighted by atomic mass is 10.2. The molecule has 1 aliphatic rings. The molecule has 1 aliphatic heterocycles. The van der Waals surface area contributed by atoms with Crippen LogP contribution in [0.3, 0.4) is 0 Å². The maximum absolute atomic E-state index is 12.7. The number of carbonyl (C=O) groups excluding carboxylic acids is 2. The summed E-state index contributed by atoms with van der Waals surface area (Å²) >= 11 is 1.39. The largest absolute Gasteiger partial charge is 0.324 e. The van der Waals surface area contributed by atoms with Gasteiger partial charge in [0.05, 0.1) is 21.6 Å². The first-order chi connectivity index (χ1) is 13.2. The molecule has 2 aromatic rings. The maximum atomic E-state index is 12.7. The number of benzene rings is 2. The lowest BCUT2D eigenvalue weighted by Gasteiger charge is -2.22. The van der Waals surface area contributed by atoms with Gasteiger partial charge in [-0.3, -0.25) is 9.59 Å². The third-order valence-electron chi connectivity index (χ3n) is 4.62. The standard InChI is InChI=1S/C20H22N2O4S2/c1-13-4-6-15(7-5-13)22(3)19(23)10-11-28(25,26)16-8-9-18-17(12-16)21-20(24)14(2)27-18/h4-9,12,14H,10-11H2,1-3H3,(H,21,24)/t14-/m0/s1. The number of sulfone groups is 1. The molecular formula is C20H22N2O4S2. The van der Waals surface area contributed by atoms with Crippen LogP contribution in [0.25, 0.3) is 0 Å². The summed E-state index contributed by atoms with van der Waals surface area (Å²) in [6.07, 6.45) is -0.123. The number of nitrogens with zero attached hydrogens (tertiary/aromatic N) is 1. The average Bonchev–Trinajstić information content (AvgIpc) is 2.66. The summed E-state index contributed by atoms with van der Waals surface area (Å²) in [5.74, 6) is -0.719. The number of aryl methyl sites for hydroxylation is 1. The number of hydrogen-bond donors (Lipinski definition) is 1. The molecule has 2 amide bonds. The number of rotatable bonds is 5. The first kappa shape index (κ1) is 20.4. The Hall–Kier alpha value is -2.32. The Labute approximate surface area is 169 Å². The molecule has 0 fully saturated rings. The van der Waals surface area contributed by atoms with Gasteiger partial charge >= 0.3 is 0 Å². The molecule has 1 N–H and O–H groups in total. The van der Waals surface area contributed by atoms with E-state index in [1.807, 2.05) is 31.2 Å². The van der Waals surface area contributed by atoms with Crippen LogP contribution in [0.2, 0.25) is 0 Å². The van der Waals surface area contributed by atoms with Crippen LogP contribution in [-0.2, 0) is 19.4 Å². The van der Waals surface area contributed by atoms with Crippen molar-refractivity contribution in [2.24, 2.45) is 0 Å². The Morgan fingerprint density at radius 1 is 1.18 bits per heavy atom.